The highest BCUT2D eigenvalue weighted by Gasteiger charge is 2.18. The second kappa shape index (κ2) is 5.10. The Hall–Kier alpha value is -0.680. The van der Waals surface area contributed by atoms with Crippen LogP contribution in [-0.4, -0.2) is 31.7 Å². The van der Waals surface area contributed by atoms with E-state index in [0.717, 1.165) is 30.2 Å². The Balaban J connectivity index is 2.00. The van der Waals surface area contributed by atoms with Crippen molar-refractivity contribution in [2.24, 2.45) is 0 Å². The standard InChI is InChI=1S/C10H14ClN3OS/c1-7-12-9(11)6-10(13-7)14-8-2-4-16(15)5-3-8/h6,8H,2-5H2,1H3,(H,12,13,14). The molecule has 1 aromatic heterocycles. The summed E-state index contributed by atoms with van der Waals surface area (Å²) in [6.07, 6.45) is 1.85. The minimum atomic E-state index is -0.626. The van der Waals surface area contributed by atoms with E-state index in [-0.39, 0.29) is 0 Å². The van der Waals surface area contributed by atoms with Crippen molar-refractivity contribution in [3.8, 4) is 0 Å². The van der Waals surface area contributed by atoms with E-state index in [4.69, 9.17) is 11.6 Å². The first-order chi connectivity index (χ1) is 7.63. The molecule has 6 heteroatoms. The highest BCUT2D eigenvalue weighted by Crippen LogP contribution is 2.17. The molecule has 0 aliphatic carbocycles. The molecule has 0 saturated carbocycles. The van der Waals surface area contributed by atoms with E-state index in [0.29, 0.717) is 17.0 Å². The van der Waals surface area contributed by atoms with Gasteiger partial charge in [-0.3, -0.25) is 4.21 Å². The second-order valence-electron chi connectivity index (χ2n) is 3.89. The summed E-state index contributed by atoms with van der Waals surface area (Å²) in [5.74, 6) is 2.97. The fraction of sp³-hybridized carbons (Fsp3) is 0.600. The number of nitrogens with zero attached hydrogens (tertiary/aromatic N) is 2. The summed E-state index contributed by atoms with van der Waals surface area (Å²) in [6.45, 7) is 1.81. The molecular weight excluding hydrogens is 246 g/mol. The smallest absolute Gasteiger partial charge is 0.134 e. The molecule has 0 unspecified atom stereocenters. The third-order valence-electron chi connectivity index (χ3n) is 2.55. The number of rotatable bonds is 2. The number of hydrogen-bond donors (Lipinski definition) is 1. The lowest BCUT2D eigenvalue weighted by atomic mass is 10.1. The molecule has 1 N–H and O–H groups in total. The average molecular weight is 260 g/mol. The summed E-state index contributed by atoms with van der Waals surface area (Å²) in [7, 11) is -0.626. The van der Waals surface area contributed by atoms with E-state index < -0.39 is 10.8 Å². The van der Waals surface area contributed by atoms with Crippen molar-refractivity contribution in [2.45, 2.75) is 25.8 Å². The largest absolute Gasteiger partial charge is 0.367 e. The topological polar surface area (TPSA) is 54.9 Å². The van der Waals surface area contributed by atoms with Gasteiger partial charge in [-0.05, 0) is 19.8 Å². The Labute approximate surface area is 102 Å². The zero-order chi connectivity index (χ0) is 11.5. The second-order valence-corrected chi connectivity index (χ2v) is 5.97. The average Bonchev–Trinajstić information content (AvgIpc) is 2.20. The number of halogens is 1. The Bertz CT molecular complexity index is 383. The Kier molecular flexibility index (Phi) is 3.76. The summed E-state index contributed by atoms with van der Waals surface area (Å²) < 4.78 is 11.2. The number of aromatic nitrogens is 2. The highest BCUT2D eigenvalue weighted by molar-refractivity contribution is 7.85. The van der Waals surface area contributed by atoms with Gasteiger partial charge in [0.1, 0.15) is 16.8 Å². The van der Waals surface area contributed by atoms with Crippen molar-refractivity contribution < 1.29 is 4.21 Å². The van der Waals surface area contributed by atoms with E-state index in [1.165, 1.54) is 0 Å². The van der Waals surface area contributed by atoms with Crippen LogP contribution in [0.15, 0.2) is 6.07 Å². The fourth-order valence-electron chi connectivity index (χ4n) is 1.75. The van der Waals surface area contributed by atoms with Crippen LogP contribution in [0.2, 0.25) is 5.15 Å². The molecule has 0 spiro atoms. The van der Waals surface area contributed by atoms with E-state index in [1.807, 2.05) is 6.92 Å². The number of anilines is 1. The maximum Gasteiger partial charge on any atom is 0.134 e. The molecule has 0 bridgehead atoms. The van der Waals surface area contributed by atoms with Gasteiger partial charge in [-0.2, -0.15) is 0 Å². The molecule has 0 amide bonds. The molecule has 0 atom stereocenters. The van der Waals surface area contributed by atoms with Crippen LogP contribution in [0.3, 0.4) is 0 Å². The number of hydrogen-bond acceptors (Lipinski definition) is 4. The summed E-state index contributed by atoms with van der Waals surface area (Å²) in [5.41, 5.74) is 0. The molecule has 2 rings (SSSR count). The zero-order valence-corrected chi connectivity index (χ0v) is 10.6. The van der Waals surface area contributed by atoms with Crippen LogP contribution >= 0.6 is 11.6 Å². The van der Waals surface area contributed by atoms with Crippen LogP contribution in [0.4, 0.5) is 5.82 Å². The monoisotopic (exact) mass is 259 g/mol. The maximum atomic E-state index is 11.2. The molecule has 4 nitrogen and oxygen atoms in total. The molecular formula is C10H14ClN3OS. The molecule has 2 heterocycles. The lowest BCUT2D eigenvalue weighted by Gasteiger charge is -2.23. The normalized spacial score (nSPS) is 25.4. The van der Waals surface area contributed by atoms with E-state index in [1.54, 1.807) is 6.07 Å². The Morgan fingerprint density at radius 1 is 1.44 bits per heavy atom. The van der Waals surface area contributed by atoms with Crippen molar-refractivity contribution in [1.82, 2.24) is 9.97 Å². The third kappa shape index (κ3) is 3.15. The van der Waals surface area contributed by atoms with Gasteiger partial charge in [0.15, 0.2) is 0 Å². The van der Waals surface area contributed by atoms with Gasteiger partial charge < -0.3 is 5.32 Å². The Morgan fingerprint density at radius 2 is 2.12 bits per heavy atom. The first-order valence-electron chi connectivity index (χ1n) is 5.26. The third-order valence-corrected chi connectivity index (χ3v) is 4.12. The van der Waals surface area contributed by atoms with Crippen molar-refractivity contribution in [1.29, 1.82) is 0 Å². The molecule has 1 aliphatic rings. The molecule has 1 aliphatic heterocycles. The van der Waals surface area contributed by atoms with Gasteiger partial charge in [0.05, 0.1) is 0 Å². The van der Waals surface area contributed by atoms with Crippen LogP contribution in [0.1, 0.15) is 18.7 Å². The quantitative estimate of drug-likeness (QED) is 0.823. The summed E-state index contributed by atoms with van der Waals surface area (Å²) >= 11 is 5.85. The lowest BCUT2D eigenvalue weighted by molar-refractivity contribution is 0.622. The molecule has 16 heavy (non-hydrogen) atoms. The van der Waals surface area contributed by atoms with Crippen molar-refractivity contribution in [2.75, 3.05) is 16.8 Å². The van der Waals surface area contributed by atoms with Gasteiger partial charge in [-0.15, -0.1) is 0 Å². The Morgan fingerprint density at radius 3 is 2.75 bits per heavy atom. The molecule has 1 saturated heterocycles. The van der Waals surface area contributed by atoms with Gasteiger partial charge in [0.25, 0.3) is 0 Å². The number of aryl methyl sites for hydroxylation is 1. The van der Waals surface area contributed by atoms with Crippen molar-refractivity contribution in [3.63, 3.8) is 0 Å². The van der Waals surface area contributed by atoms with Gasteiger partial charge in [0, 0.05) is 34.4 Å². The van der Waals surface area contributed by atoms with E-state index >= 15 is 0 Å². The van der Waals surface area contributed by atoms with E-state index in [9.17, 15) is 4.21 Å². The van der Waals surface area contributed by atoms with Gasteiger partial charge >= 0.3 is 0 Å². The predicted octanol–water partition coefficient (Wildman–Crippen LogP) is 1.76. The molecule has 88 valence electrons. The summed E-state index contributed by atoms with van der Waals surface area (Å²) in [4.78, 5) is 8.27. The van der Waals surface area contributed by atoms with Gasteiger partial charge in [0.2, 0.25) is 0 Å². The molecule has 0 aromatic carbocycles. The zero-order valence-electron chi connectivity index (χ0n) is 9.07. The SMILES string of the molecule is Cc1nc(Cl)cc(NC2CCS(=O)CC2)n1. The van der Waals surface area contributed by atoms with Crippen LogP contribution in [0.5, 0.6) is 0 Å². The van der Waals surface area contributed by atoms with Gasteiger partial charge in [-0.25, -0.2) is 9.97 Å². The van der Waals surface area contributed by atoms with E-state index in [2.05, 4.69) is 15.3 Å². The lowest BCUT2D eigenvalue weighted by Crippen LogP contribution is -2.29. The molecule has 1 aromatic rings. The highest BCUT2D eigenvalue weighted by atomic mass is 35.5. The summed E-state index contributed by atoms with van der Waals surface area (Å²) in [6, 6.07) is 2.07. The number of nitrogens with one attached hydrogen (secondary N) is 1. The first-order valence-corrected chi connectivity index (χ1v) is 7.13. The summed E-state index contributed by atoms with van der Waals surface area (Å²) in [5, 5.41) is 3.77. The first kappa shape index (κ1) is 11.8. The molecule has 0 radical (unpaired) electrons. The van der Waals surface area contributed by atoms with Crippen LogP contribution < -0.4 is 5.32 Å². The minimum absolute atomic E-state index is 0.350. The fourth-order valence-corrected chi connectivity index (χ4v) is 3.28. The van der Waals surface area contributed by atoms with Crippen molar-refractivity contribution in [3.05, 3.63) is 17.0 Å². The molecule has 1 fully saturated rings. The van der Waals surface area contributed by atoms with Crippen LogP contribution in [0.25, 0.3) is 0 Å². The maximum absolute atomic E-state index is 11.2. The minimum Gasteiger partial charge on any atom is -0.367 e. The van der Waals surface area contributed by atoms with Crippen LogP contribution in [-0.2, 0) is 10.8 Å². The van der Waals surface area contributed by atoms with Crippen LogP contribution in [0, 0.1) is 6.92 Å². The van der Waals surface area contributed by atoms with Gasteiger partial charge in [-0.1, -0.05) is 11.6 Å². The predicted molar refractivity (Wildman–Crippen MR) is 66.3 cm³/mol. The van der Waals surface area contributed by atoms with Crippen molar-refractivity contribution >= 4 is 28.2 Å².